The average molecular weight is 334 g/mol. The van der Waals surface area contributed by atoms with E-state index >= 15 is 0 Å². The van der Waals surface area contributed by atoms with E-state index in [0.29, 0.717) is 9.23 Å². The molecule has 20 heavy (non-hydrogen) atoms. The van der Waals surface area contributed by atoms with Crippen molar-refractivity contribution >= 4 is 34.7 Å². The fourth-order valence-corrected chi connectivity index (χ4v) is 4.32. The molecule has 0 saturated carbocycles. The largest absolute Gasteiger partial charge is 0.326 e. The highest BCUT2D eigenvalue weighted by Crippen LogP contribution is 2.42. The molecule has 1 aromatic heterocycles. The molecule has 0 aliphatic carbocycles. The van der Waals surface area contributed by atoms with Gasteiger partial charge in [0.25, 0.3) is 0 Å². The zero-order valence-corrected chi connectivity index (χ0v) is 13.2. The third kappa shape index (κ3) is 3.73. The van der Waals surface area contributed by atoms with Crippen molar-refractivity contribution < 1.29 is 8.78 Å². The third-order valence-electron chi connectivity index (χ3n) is 2.88. The van der Waals surface area contributed by atoms with E-state index in [1.165, 1.54) is 35.2 Å². The van der Waals surface area contributed by atoms with Crippen molar-refractivity contribution in [2.75, 3.05) is 0 Å². The Balaban J connectivity index is 2.28. The van der Waals surface area contributed by atoms with Gasteiger partial charge in [0.2, 0.25) is 0 Å². The lowest BCUT2D eigenvalue weighted by molar-refractivity contribution is 0.564. The first-order valence-corrected chi connectivity index (χ1v) is 8.21. The molecule has 2 aromatic rings. The lowest BCUT2D eigenvalue weighted by Crippen LogP contribution is -2.25. The Labute approximate surface area is 130 Å². The summed E-state index contributed by atoms with van der Waals surface area (Å²) in [6.45, 7) is 1.98. The van der Waals surface area contributed by atoms with Gasteiger partial charge in [-0.2, -0.15) is 0 Å². The van der Waals surface area contributed by atoms with Gasteiger partial charge in [-0.25, -0.2) is 8.78 Å². The highest BCUT2D eigenvalue weighted by Gasteiger charge is 2.23. The SMILES string of the molecule is CCC(N)C(Sc1ccc(F)cc1F)c1ccc(Cl)s1. The molecule has 0 fully saturated rings. The molecule has 1 aromatic carbocycles. The maximum atomic E-state index is 13.8. The van der Waals surface area contributed by atoms with Crippen LogP contribution in [0.25, 0.3) is 0 Å². The number of hydrogen-bond acceptors (Lipinski definition) is 3. The molecule has 6 heteroatoms. The first-order valence-electron chi connectivity index (χ1n) is 6.13. The van der Waals surface area contributed by atoms with Crippen molar-refractivity contribution in [3.63, 3.8) is 0 Å². The van der Waals surface area contributed by atoms with E-state index < -0.39 is 11.6 Å². The summed E-state index contributed by atoms with van der Waals surface area (Å²) in [7, 11) is 0. The van der Waals surface area contributed by atoms with Gasteiger partial charge < -0.3 is 5.73 Å². The first kappa shape index (κ1) is 15.8. The van der Waals surface area contributed by atoms with E-state index in [9.17, 15) is 8.78 Å². The number of thioether (sulfide) groups is 1. The monoisotopic (exact) mass is 333 g/mol. The van der Waals surface area contributed by atoms with E-state index in [4.69, 9.17) is 17.3 Å². The lowest BCUT2D eigenvalue weighted by atomic mass is 10.1. The number of benzene rings is 1. The van der Waals surface area contributed by atoms with E-state index in [1.807, 2.05) is 13.0 Å². The second-order valence-electron chi connectivity index (χ2n) is 4.33. The Hall–Kier alpha value is -0.620. The van der Waals surface area contributed by atoms with Crippen LogP contribution in [0.2, 0.25) is 4.34 Å². The Bertz CT molecular complexity index is 588. The summed E-state index contributed by atoms with van der Waals surface area (Å²) in [4.78, 5) is 1.39. The number of halogens is 3. The molecule has 108 valence electrons. The summed E-state index contributed by atoms with van der Waals surface area (Å²) in [5.41, 5.74) is 6.13. The van der Waals surface area contributed by atoms with Crippen molar-refractivity contribution in [3.05, 3.63) is 51.2 Å². The smallest absolute Gasteiger partial charge is 0.139 e. The quantitative estimate of drug-likeness (QED) is 0.756. The van der Waals surface area contributed by atoms with Crippen LogP contribution in [0.5, 0.6) is 0 Å². The van der Waals surface area contributed by atoms with Gasteiger partial charge in [-0.1, -0.05) is 18.5 Å². The van der Waals surface area contributed by atoms with Gasteiger partial charge in [0.15, 0.2) is 0 Å². The van der Waals surface area contributed by atoms with Crippen LogP contribution in [-0.4, -0.2) is 6.04 Å². The molecule has 2 rings (SSSR count). The molecule has 0 spiro atoms. The molecule has 0 amide bonds. The average Bonchev–Trinajstić information content (AvgIpc) is 2.83. The molecule has 2 atom stereocenters. The maximum absolute atomic E-state index is 13.8. The summed E-state index contributed by atoms with van der Waals surface area (Å²) < 4.78 is 27.4. The first-order chi connectivity index (χ1) is 9.51. The summed E-state index contributed by atoms with van der Waals surface area (Å²) in [5, 5.41) is -0.0996. The Morgan fingerprint density at radius 3 is 2.60 bits per heavy atom. The van der Waals surface area contributed by atoms with Crippen LogP contribution in [-0.2, 0) is 0 Å². The van der Waals surface area contributed by atoms with Crippen molar-refractivity contribution in [3.8, 4) is 0 Å². The molecule has 0 saturated heterocycles. The third-order valence-corrected chi connectivity index (χ3v) is 5.79. The van der Waals surface area contributed by atoms with Crippen molar-refractivity contribution in [1.29, 1.82) is 0 Å². The predicted molar refractivity (Wildman–Crippen MR) is 82.6 cm³/mol. The van der Waals surface area contributed by atoms with Crippen LogP contribution < -0.4 is 5.73 Å². The van der Waals surface area contributed by atoms with Crippen LogP contribution in [0.1, 0.15) is 23.5 Å². The number of rotatable bonds is 5. The molecule has 1 nitrogen and oxygen atoms in total. The van der Waals surface area contributed by atoms with Crippen molar-refractivity contribution in [1.82, 2.24) is 0 Å². The van der Waals surface area contributed by atoms with Crippen molar-refractivity contribution in [2.45, 2.75) is 29.5 Å². The number of hydrogen-bond donors (Lipinski definition) is 1. The molecule has 2 N–H and O–H groups in total. The minimum atomic E-state index is -0.581. The van der Waals surface area contributed by atoms with Crippen LogP contribution in [0.4, 0.5) is 8.78 Å². The fraction of sp³-hybridized carbons (Fsp3) is 0.286. The number of thiophene rings is 1. The summed E-state index contributed by atoms with van der Waals surface area (Å²) in [6, 6.07) is 7.17. The summed E-state index contributed by atoms with van der Waals surface area (Å²) >= 11 is 8.70. The van der Waals surface area contributed by atoms with E-state index in [2.05, 4.69) is 0 Å². The second kappa shape index (κ2) is 6.89. The van der Waals surface area contributed by atoms with Crippen LogP contribution in [0.3, 0.4) is 0 Å². The van der Waals surface area contributed by atoms with Crippen LogP contribution in [0.15, 0.2) is 35.2 Å². The van der Waals surface area contributed by atoms with Crippen LogP contribution in [0, 0.1) is 11.6 Å². The topological polar surface area (TPSA) is 26.0 Å². The minimum Gasteiger partial charge on any atom is -0.326 e. The zero-order chi connectivity index (χ0) is 14.7. The van der Waals surface area contributed by atoms with Gasteiger partial charge >= 0.3 is 0 Å². The molecule has 0 aliphatic heterocycles. The molecule has 1 heterocycles. The van der Waals surface area contributed by atoms with Gasteiger partial charge in [-0.3, -0.25) is 0 Å². The molecule has 2 unspecified atom stereocenters. The van der Waals surface area contributed by atoms with Gasteiger partial charge in [-0.15, -0.1) is 23.1 Å². The van der Waals surface area contributed by atoms with E-state index in [0.717, 1.165) is 17.4 Å². The zero-order valence-electron chi connectivity index (χ0n) is 10.8. The van der Waals surface area contributed by atoms with Crippen LogP contribution >= 0.6 is 34.7 Å². The normalized spacial score (nSPS) is 14.2. The molecule has 0 aliphatic rings. The van der Waals surface area contributed by atoms with Crippen molar-refractivity contribution in [2.24, 2.45) is 5.73 Å². The summed E-state index contributed by atoms with van der Waals surface area (Å²) in [6.07, 6.45) is 0.760. The number of nitrogens with two attached hydrogens (primary N) is 1. The molecular formula is C14H14ClF2NS2. The summed E-state index contributed by atoms with van der Waals surface area (Å²) in [5.74, 6) is -1.15. The highest BCUT2D eigenvalue weighted by atomic mass is 35.5. The van der Waals surface area contributed by atoms with Gasteiger partial charge in [0, 0.05) is 21.9 Å². The Morgan fingerprint density at radius 2 is 2.05 bits per heavy atom. The Morgan fingerprint density at radius 1 is 1.30 bits per heavy atom. The fourth-order valence-electron chi connectivity index (χ4n) is 1.76. The predicted octanol–water partition coefficient (Wildman–Crippen LogP) is 5.25. The minimum absolute atomic E-state index is 0.0996. The van der Waals surface area contributed by atoms with E-state index in [-0.39, 0.29) is 11.3 Å². The van der Waals surface area contributed by atoms with Gasteiger partial charge in [0.1, 0.15) is 11.6 Å². The lowest BCUT2D eigenvalue weighted by Gasteiger charge is -2.21. The standard InChI is InChI=1S/C14H14ClF2NS2/c1-2-10(18)14(12-5-6-13(15)19-12)20-11-4-3-8(16)7-9(11)17/h3-7,10,14H,2,18H2,1H3. The molecule has 0 radical (unpaired) electrons. The second-order valence-corrected chi connectivity index (χ2v) is 7.26. The molecular weight excluding hydrogens is 320 g/mol. The maximum Gasteiger partial charge on any atom is 0.139 e. The molecule has 0 bridgehead atoms. The van der Waals surface area contributed by atoms with Gasteiger partial charge in [0.05, 0.1) is 9.59 Å². The van der Waals surface area contributed by atoms with E-state index in [1.54, 1.807) is 6.07 Å². The van der Waals surface area contributed by atoms with Gasteiger partial charge in [-0.05, 0) is 30.7 Å². The highest BCUT2D eigenvalue weighted by molar-refractivity contribution is 7.99. The Kier molecular flexibility index (Phi) is 5.43.